The molecule has 0 spiro atoms. The lowest BCUT2D eigenvalue weighted by Gasteiger charge is -2.26. The minimum atomic E-state index is -0.820. The van der Waals surface area contributed by atoms with Gasteiger partial charge in [0.05, 0.1) is 5.60 Å². The van der Waals surface area contributed by atoms with Crippen molar-refractivity contribution in [1.82, 2.24) is 10.2 Å². The van der Waals surface area contributed by atoms with E-state index in [1.54, 1.807) is 21.0 Å². The van der Waals surface area contributed by atoms with Crippen molar-refractivity contribution < 1.29 is 9.90 Å². The summed E-state index contributed by atoms with van der Waals surface area (Å²) in [6, 6.07) is -0.172. The normalized spacial score (nSPS) is 15.1. The topological polar surface area (TPSA) is 52.6 Å². The van der Waals surface area contributed by atoms with Gasteiger partial charge in [-0.05, 0) is 19.3 Å². The zero-order valence-corrected chi connectivity index (χ0v) is 9.79. The molecule has 0 fully saturated rings. The second-order valence-electron chi connectivity index (χ2n) is 4.65. The van der Waals surface area contributed by atoms with Crippen LogP contribution >= 0.6 is 0 Å². The van der Waals surface area contributed by atoms with Gasteiger partial charge in [-0.2, -0.15) is 0 Å². The van der Waals surface area contributed by atoms with Crippen LogP contribution in [-0.4, -0.2) is 42.3 Å². The van der Waals surface area contributed by atoms with Gasteiger partial charge in [-0.3, -0.25) is 0 Å². The molecule has 2 amide bonds. The van der Waals surface area contributed by atoms with E-state index >= 15 is 0 Å². The summed E-state index contributed by atoms with van der Waals surface area (Å²) in [6.07, 6.45) is 0.681. The van der Waals surface area contributed by atoms with Crippen molar-refractivity contribution >= 4 is 6.03 Å². The number of hydrogen-bond donors (Lipinski definition) is 2. The van der Waals surface area contributed by atoms with Crippen molar-refractivity contribution in [3.8, 4) is 0 Å². The highest BCUT2D eigenvalue weighted by molar-refractivity contribution is 5.73. The van der Waals surface area contributed by atoms with Crippen LogP contribution in [0.4, 0.5) is 4.79 Å². The Kier molecular flexibility index (Phi) is 4.91. The summed E-state index contributed by atoms with van der Waals surface area (Å²) in [5.74, 6) is 0.418. The van der Waals surface area contributed by atoms with Crippen LogP contribution < -0.4 is 5.32 Å². The lowest BCUT2D eigenvalue weighted by molar-refractivity contribution is 0.0400. The molecule has 0 rings (SSSR count). The number of carbonyl (C=O) groups is 1. The van der Waals surface area contributed by atoms with E-state index in [4.69, 9.17) is 0 Å². The quantitative estimate of drug-likeness (QED) is 0.716. The molecule has 1 atom stereocenters. The summed E-state index contributed by atoms with van der Waals surface area (Å²) in [6.45, 7) is 6.12. The van der Waals surface area contributed by atoms with Crippen molar-refractivity contribution in [2.45, 2.75) is 32.8 Å². The summed E-state index contributed by atoms with van der Waals surface area (Å²) in [5, 5.41) is 12.5. The van der Waals surface area contributed by atoms with E-state index in [9.17, 15) is 9.90 Å². The van der Waals surface area contributed by atoms with Crippen LogP contribution in [0.15, 0.2) is 0 Å². The predicted octanol–water partition coefficient (Wildman–Crippen LogP) is 1.05. The Morgan fingerprint density at radius 2 is 2.00 bits per heavy atom. The number of amides is 2. The lowest BCUT2D eigenvalue weighted by Crippen LogP contribution is -2.44. The SMILES string of the molecule is CC(C)CC(C)(O)CNC(=O)N(C)C. The molecule has 0 heterocycles. The van der Waals surface area contributed by atoms with Crippen LogP contribution in [0.2, 0.25) is 0 Å². The molecule has 0 aliphatic heterocycles. The molecule has 14 heavy (non-hydrogen) atoms. The average Bonchev–Trinajstić information content (AvgIpc) is 1.97. The second kappa shape index (κ2) is 5.20. The number of carbonyl (C=O) groups excluding carboxylic acids is 1. The fourth-order valence-corrected chi connectivity index (χ4v) is 1.38. The van der Waals surface area contributed by atoms with Crippen molar-refractivity contribution in [1.29, 1.82) is 0 Å². The molecular formula is C10H22N2O2. The van der Waals surface area contributed by atoms with E-state index in [0.717, 1.165) is 0 Å². The molecule has 0 aromatic carbocycles. The van der Waals surface area contributed by atoms with Gasteiger partial charge >= 0.3 is 6.03 Å². The molecular weight excluding hydrogens is 180 g/mol. The zero-order chi connectivity index (χ0) is 11.4. The fourth-order valence-electron chi connectivity index (χ4n) is 1.38. The molecule has 0 aromatic rings. The molecule has 1 unspecified atom stereocenters. The maximum atomic E-state index is 11.2. The Hall–Kier alpha value is -0.770. The fraction of sp³-hybridized carbons (Fsp3) is 0.900. The summed E-state index contributed by atoms with van der Waals surface area (Å²) in [7, 11) is 3.35. The van der Waals surface area contributed by atoms with Gasteiger partial charge in [0, 0.05) is 20.6 Å². The van der Waals surface area contributed by atoms with E-state index in [2.05, 4.69) is 5.32 Å². The van der Waals surface area contributed by atoms with E-state index in [0.29, 0.717) is 18.9 Å². The van der Waals surface area contributed by atoms with Gasteiger partial charge in [0.2, 0.25) is 0 Å². The molecule has 2 N–H and O–H groups in total. The van der Waals surface area contributed by atoms with Crippen LogP contribution in [0, 0.1) is 5.92 Å². The molecule has 0 aromatic heterocycles. The number of nitrogens with zero attached hydrogens (tertiary/aromatic N) is 1. The van der Waals surface area contributed by atoms with Crippen LogP contribution in [0.25, 0.3) is 0 Å². The summed E-state index contributed by atoms with van der Waals surface area (Å²) >= 11 is 0. The third kappa shape index (κ3) is 5.80. The summed E-state index contributed by atoms with van der Waals surface area (Å²) in [5.41, 5.74) is -0.820. The molecule has 0 saturated carbocycles. The summed E-state index contributed by atoms with van der Waals surface area (Å²) in [4.78, 5) is 12.6. The number of aliphatic hydroxyl groups is 1. The van der Waals surface area contributed by atoms with Gasteiger partial charge < -0.3 is 15.3 Å². The smallest absolute Gasteiger partial charge is 0.316 e. The van der Waals surface area contributed by atoms with Gasteiger partial charge in [-0.1, -0.05) is 13.8 Å². The van der Waals surface area contributed by atoms with Crippen LogP contribution in [0.1, 0.15) is 27.2 Å². The maximum absolute atomic E-state index is 11.2. The van der Waals surface area contributed by atoms with Crippen LogP contribution in [0.3, 0.4) is 0 Å². The number of hydrogen-bond acceptors (Lipinski definition) is 2. The molecule has 0 saturated heterocycles. The van der Waals surface area contributed by atoms with Crippen molar-refractivity contribution in [2.24, 2.45) is 5.92 Å². The highest BCUT2D eigenvalue weighted by Gasteiger charge is 2.22. The first-order valence-corrected chi connectivity index (χ1v) is 4.92. The third-order valence-electron chi connectivity index (χ3n) is 1.87. The van der Waals surface area contributed by atoms with Gasteiger partial charge in [0.1, 0.15) is 0 Å². The Balaban J connectivity index is 3.92. The van der Waals surface area contributed by atoms with Gasteiger partial charge in [-0.25, -0.2) is 4.79 Å². The molecule has 0 aliphatic carbocycles. The van der Waals surface area contributed by atoms with E-state index in [1.165, 1.54) is 4.90 Å². The molecule has 0 aliphatic rings. The van der Waals surface area contributed by atoms with Crippen molar-refractivity contribution in [3.05, 3.63) is 0 Å². The Morgan fingerprint density at radius 3 is 2.36 bits per heavy atom. The van der Waals surface area contributed by atoms with E-state index in [-0.39, 0.29) is 6.03 Å². The summed E-state index contributed by atoms with van der Waals surface area (Å²) < 4.78 is 0. The lowest BCUT2D eigenvalue weighted by atomic mass is 9.94. The largest absolute Gasteiger partial charge is 0.388 e. The maximum Gasteiger partial charge on any atom is 0.316 e. The first kappa shape index (κ1) is 13.2. The second-order valence-corrected chi connectivity index (χ2v) is 4.65. The monoisotopic (exact) mass is 202 g/mol. The first-order valence-electron chi connectivity index (χ1n) is 4.92. The van der Waals surface area contributed by atoms with E-state index in [1.807, 2.05) is 13.8 Å². The predicted molar refractivity (Wildman–Crippen MR) is 57.2 cm³/mol. The minimum absolute atomic E-state index is 0.172. The van der Waals surface area contributed by atoms with Crippen molar-refractivity contribution in [3.63, 3.8) is 0 Å². The van der Waals surface area contributed by atoms with Gasteiger partial charge in [0.15, 0.2) is 0 Å². The molecule has 0 radical (unpaired) electrons. The number of urea groups is 1. The molecule has 4 heteroatoms. The van der Waals surface area contributed by atoms with Gasteiger partial charge in [0.25, 0.3) is 0 Å². The number of nitrogens with one attached hydrogen (secondary N) is 1. The Labute approximate surface area is 86.3 Å². The van der Waals surface area contributed by atoms with Crippen LogP contribution in [0.5, 0.6) is 0 Å². The standard InChI is InChI=1S/C10H22N2O2/c1-8(2)6-10(3,14)7-11-9(13)12(4)5/h8,14H,6-7H2,1-5H3,(H,11,13). The number of rotatable bonds is 4. The first-order chi connectivity index (χ1) is 6.24. The molecule has 0 bridgehead atoms. The Bertz CT molecular complexity index is 189. The molecule has 4 nitrogen and oxygen atoms in total. The van der Waals surface area contributed by atoms with Gasteiger partial charge in [-0.15, -0.1) is 0 Å². The Morgan fingerprint density at radius 1 is 1.50 bits per heavy atom. The highest BCUT2D eigenvalue weighted by Crippen LogP contribution is 2.14. The van der Waals surface area contributed by atoms with Crippen molar-refractivity contribution in [2.75, 3.05) is 20.6 Å². The zero-order valence-electron chi connectivity index (χ0n) is 9.79. The molecule has 84 valence electrons. The van der Waals surface area contributed by atoms with E-state index < -0.39 is 5.60 Å². The highest BCUT2D eigenvalue weighted by atomic mass is 16.3. The van der Waals surface area contributed by atoms with Crippen LogP contribution in [-0.2, 0) is 0 Å². The average molecular weight is 202 g/mol. The minimum Gasteiger partial charge on any atom is -0.388 e. The third-order valence-corrected chi connectivity index (χ3v) is 1.87.